The lowest BCUT2D eigenvalue weighted by molar-refractivity contribution is 0.467. The lowest BCUT2D eigenvalue weighted by Gasteiger charge is -2.14. The topological polar surface area (TPSA) is 21.3 Å². The van der Waals surface area contributed by atoms with Crippen LogP contribution in [0.2, 0.25) is 0 Å². The van der Waals surface area contributed by atoms with Crippen molar-refractivity contribution in [1.29, 1.82) is 0 Å². The molecule has 0 spiro atoms. The highest BCUT2D eigenvalue weighted by molar-refractivity contribution is 9.10. The van der Waals surface area contributed by atoms with Gasteiger partial charge in [-0.3, -0.25) is 0 Å². The second kappa shape index (κ2) is 6.16. The van der Waals surface area contributed by atoms with E-state index in [1.165, 1.54) is 25.0 Å². The van der Waals surface area contributed by atoms with Gasteiger partial charge >= 0.3 is 0 Å². The van der Waals surface area contributed by atoms with Crippen LogP contribution in [0.1, 0.15) is 24.0 Å². The normalized spacial score (nSPS) is 14.2. The van der Waals surface area contributed by atoms with Crippen LogP contribution in [-0.2, 0) is 6.54 Å². The number of benzene rings is 2. The molecule has 0 aromatic heterocycles. The van der Waals surface area contributed by atoms with E-state index in [0.717, 1.165) is 27.9 Å². The second-order valence-electron chi connectivity index (χ2n) is 5.42. The highest BCUT2D eigenvalue weighted by Crippen LogP contribution is 2.31. The van der Waals surface area contributed by atoms with Crippen molar-refractivity contribution in [3.05, 3.63) is 57.8 Å². The second-order valence-corrected chi connectivity index (χ2v) is 6.33. The van der Waals surface area contributed by atoms with Gasteiger partial charge in [0.1, 0.15) is 17.3 Å². The Hall–Kier alpha value is -1.39. The number of nitrogens with one attached hydrogen (secondary N) is 1. The molecule has 2 aromatic carbocycles. The predicted octanol–water partition coefficient (Wildman–Crippen LogP) is 4.94. The standard InChI is InChI=1S/C17H17BrFNO/c1-11-8-14(19)3-7-16(11)21-17-6-2-13(18)9-12(17)10-20-15-4-5-15/h2-3,6-9,15,20H,4-5,10H2,1H3. The van der Waals surface area contributed by atoms with Crippen LogP contribution in [0, 0.1) is 12.7 Å². The van der Waals surface area contributed by atoms with Gasteiger partial charge < -0.3 is 10.1 Å². The number of hydrogen-bond donors (Lipinski definition) is 1. The SMILES string of the molecule is Cc1cc(F)ccc1Oc1ccc(Br)cc1CNC1CC1. The molecule has 2 aromatic rings. The summed E-state index contributed by atoms with van der Waals surface area (Å²) in [6, 6.07) is 11.2. The molecule has 0 aliphatic heterocycles. The highest BCUT2D eigenvalue weighted by atomic mass is 79.9. The molecule has 1 aliphatic rings. The fraction of sp³-hybridized carbons (Fsp3) is 0.294. The highest BCUT2D eigenvalue weighted by Gasteiger charge is 2.20. The zero-order valence-corrected chi connectivity index (χ0v) is 13.4. The van der Waals surface area contributed by atoms with Crippen molar-refractivity contribution in [1.82, 2.24) is 5.32 Å². The minimum Gasteiger partial charge on any atom is -0.457 e. The quantitative estimate of drug-likeness (QED) is 0.825. The van der Waals surface area contributed by atoms with Crippen molar-refractivity contribution in [3.63, 3.8) is 0 Å². The molecule has 0 heterocycles. The van der Waals surface area contributed by atoms with E-state index in [1.54, 1.807) is 6.07 Å². The Bertz CT molecular complexity index is 655. The summed E-state index contributed by atoms with van der Waals surface area (Å²) < 4.78 is 20.2. The minimum absolute atomic E-state index is 0.244. The maximum Gasteiger partial charge on any atom is 0.132 e. The Labute approximate surface area is 132 Å². The van der Waals surface area contributed by atoms with E-state index in [-0.39, 0.29) is 5.82 Å². The summed E-state index contributed by atoms with van der Waals surface area (Å²) in [6.07, 6.45) is 2.50. The van der Waals surface area contributed by atoms with Crippen LogP contribution in [0.15, 0.2) is 40.9 Å². The molecule has 0 bridgehead atoms. The van der Waals surface area contributed by atoms with Crippen molar-refractivity contribution >= 4 is 15.9 Å². The van der Waals surface area contributed by atoms with Crippen molar-refractivity contribution in [2.75, 3.05) is 0 Å². The third-order valence-corrected chi connectivity index (χ3v) is 4.03. The summed E-state index contributed by atoms with van der Waals surface area (Å²) in [5.74, 6) is 1.25. The molecule has 0 amide bonds. The van der Waals surface area contributed by atoms with E-state index >= 15 is 0 Å². The zero-order valence-electron chi connectivity index (χ0n) is 11.8. The van der Waals surface area contributed by atoms with Crippen LogP contribution >= 0.6 is 15.9 Å². The number of hydrogen-bond acceptors (Lipinski definition) is 2. The first-order chi connectivity index (χ1) is 10.1. The van der Waals surface area contributed by atoms with Gasteiger partial charge in [-0.05, 0) is 61.7 Å². The molecule has 0 atom stereocenters. The Morgan fingerprint density at radius 2 is 1.95 bits per heavy atom. The molecule has 4 heteroatoms. The summed E-state index contributed by atoms with van der Waals surface area (Å²) in [5.41, 5.74) is 1.89. The monoisotopic (exact) mass is 349 g/mol. The van der Waals surface area contributed by atoms with Crippen molar-refractivity contribution in [2.45, 2.75) is 32.4 Å². The Balaban J connectivity index is 1.82. The number of ether oxygens (including phenoxy) is 1. The van der Waals surface area contributed by atoms with E-state index in [1.807, 2.05) is 19.1 Å². The van der Waals surface area contributed by atoms with Crippen LogP contribution in [-0.4, -0.2) is 6.04 Å². The number of aryl methyl sites for hydroxylation is 1. The molecule has 1 saturated carbocycles. The molecule has 3 rings (SSSR count). The summed E-state index contributed by atoms with van der Waals surface area (Å²) >= 11 is 3.50. The minimum atomic E-state index is -0.244. The lowest BCUT2D eigenvalue weighted by Crippen LogP contribution is -2.15. The fourth-order valence-electron chi connectivity index (χ4n) is 2.17. The van der Waals surface area contributed by atoms with Gasteiger partial charge in [0.25, 0.3) is 0 Å². The summed E-state index contributed by atoms with van der Waals surface area (Å²) in [7, 11) is 0. The first-order valence-corrected chi connectivity index (χ1v) is 7.87. The van der Waals surface area contributed by atoms with E-state index in [4.69, 9.17) is 4.74 Å². The zero-order chi connectivity index (χ0) is 14.8. The number of rotatable bonds is 5. The third-order valence-electron chi connectivity index (χ3n) is 3.54. The first kappa shape index (κ1) is 14.5. The van der Waals surface area contributed by atoms with E-state index in [9.17, 15) is 4.39 Å². The number of halogens is 2. The van der Waals surface area contributed by atoms with Gasteiger partial charge in [0, 0.05) is 22.6 Å². The molecule has 21 heavy (non-hydrogen) atoms. The summed E-state index contributed by atoms with van der Waals surface area (Å²) in [5, 5.41) is 3.49. The summed E-state index contributed by atoms with van der Waals surface area (Å²) in [4.78, 5) is 0. The fourth-order valence-corrected chi connectivity index (χ4v) is 2.58. The van der Waals surface area contributed by atoms with Crippen LogP contribution in [0.25, 0.3) is 0 Å². The third kappa shape index (κ3) is 3.83. The maximum absolute atomic E-state index is 13.2. The molecule has 1 N–H and O–H groups in total. The Kier molecular flexibility index (Phi) is 4.27. The maximum atomic E-state index is 13.2. The van der Waals surface area contributed by atoms with Crippen LogP contribution in [0.3, 0.4) is 0 Å². The Morgan fingerprint density at radius 3 is 2.67 bits per heavy atom. The predicted molar refractivity (Wildman–Crippen MR) is 85.2 cm³/mol. The van der Waals surface area contributed by atoms with Gasteiger partial charge in [0.2, 0.25) is 0 Å². The molecule has 0 unspecified atom stereocenters. The lowest BCUT2D eigenvalue weighted by atomic mass is 10.2. The van der Waals surface area contributed by atoms with Gasteiger partial charge in [0.15, 0.2) is 0 Å². The molecule has 1 fully saturated rings. The van der Waals surface area contributed by atoms with Gasteiger partial charge in [-0.1, -0.05) is 15.9 Å². The van der Waals surface area contributed by atoms with Crippen LogP contribution < -0.4 is 10.1 Å². The largest absolute Gasteiger partial charge is 0.457 e. The van der Waals surface area contributed by atoms with Gasteiger partial charge in [0.05, 0.1) is 0 Å². The average molecular weight is 350 g/mol. The molecular formula is C17H17BrFNO. The van der Waals surface area contributed by atoms with Crippen molar-refractivity contribution < 1.29 is 9.13 Å². The van der Waals surface area contributed by atoms with Gasteiger partial charge in [-0.2, -0.15) is 0 Å². The molecule has 0 saturated heterocycles. The van der Waals surface area contributed by atoms with Crippen LogP contribution in [0.5, 0.6) is 11.5 Å². The summed E-state index contributed by atoms with van der Waals surface area (Å²) in [6.45, 7) is 2.62. The smallest absolute Gasteiger partial charge is 0.132 e. The van der Waals surface area contributed by atoms with E-state index in [0.29, 0.717) is 11.8 Å². The van der Waals surface area contributed by atoms with Gasteiger partial charge in [-0.15, -0.1) is 0 Å². The molecule has 2 nitrogen and oxygen atoms in total. The van der Waals surface area contributed by atoms with Crippen molar-refractivity contribution in [3.8, 4) is 11.5 Å². The van der Waals surface area contributed by atoms with Crippen LogP contribution in [0.4, 0.5) is 4.39 Å². The molecule has 110 valence electrons. The Morgan fingerprint density at radius 1 is 1.19 bits per heavy atom. The first-order valence-electron chi connectivity index (χ1n) is 7.07. The van der Waals surface area contributed by atoms with E-state index in [2.05, 4.69) is 27.3 Å². The average Bonchev–Trinajstić information content (AvgIpc) is 3.26. The molecular weight excluding hydrogens is 333 g/mol. The van der Waals surface area contributed by atoms with Crippen molar-refractivity contribution in [2.24, 2.45) is 0 Å². The van der Waals surface area contributed by atoms with E-state index < -0.39 is 0 Å². The molecule has 1 aliphatic carbocycles. The molecule has 0 radical (unpaired) electrons. The van der Waals surface area contributed by atoms with Gasteiger partial charge in [-0.25, -0.2) is 4.39 Å².